The number of hydrogen-bond acceptors (Lipinski definition) is 6. The lowest BCUT2D eigenvalue weighted by Crippen LogP contribution is -2.57. The van der Waals surface area contributed by atoms with Crippen LogP contribution in [0.4, 0.5) is 13.2 Å². The molecular weight excluding hydrogens is 313 g/mol. The first-order valence-electron chi connectivity index (χ1n) is 6.09. The zero-order valence-electron chi connectivity index (χ0n) is 11.2. The van der Waals surface area contributed by atoms with Crippen LogP contribution in [0.1, 0.15) is 11.8 Å². The summed E-state index contributed by atoms with van der Waals surface area (Å²) in [6, 6.07) is 0. The number of aliphatic hydroxyl groups excluding tert-OH is 3. The van der Waals surface area contributed by atoms with Gasteiger partial charge < -0.3 is 20.1 Å². The third kappa shape index (κ3) is 2.26. The van der Waals surface area contributed by atoms with Crippen LogP contribution in [-0.2, 0) is 4.74 Å². The normalized spacial score (nSPS) is 32.4. The quantitative estimate of drug-likeness (QED) is 0.518. The van der Waals surface area contributed by atoms with E-state index in [1.807, 2.05) is 4.98 Å². The van der Waals surface area contributed by atoms with Crippen LogP contribution >= 0.6 is 0 Å². The van der Waals surface area contributed by atoms with Crippen LogP contribution in [0.15, 0.2) is 15.8 Å². The molecule has 2 rings (SSSR count). The van der Waals surface area contributed by atoms with E-state index in [4.69, 9.17) is 5.11 Å². The third-order valence-electron chi connectivity index (χ3n) is 3.56. The Balaban J connectivity index is 2.54. The summed E-state index contributed by atoms with van der Waals surface area (Å²) in [6.07, 6.45) is -10.9. The number of nitrogens with one attached hydrogen (secondary N) is 1. The molecule has 0 saturated carbocycles. The van der Waals surface area contributed by atoms with Gasteiger partial charge in [0.05, 0.1) is 6.61 Å². The minimum Gasteiger partial charge on any atom is -0.393 e. The molecule has 4 atom stereocenters. The number of H-pyrrole nitrogens is 1. The fourth-order valence-corrected chi connectivity index (χ4v) is 2.24. The highest BCUT2D eigenvalue weighted by Crippen LogP contribution is 2.46. The van der Waals surface area contributed by atoms with Gasteiger partial charge in [-0.3, -0.25) is 14.3 Å². The van der Waals surface area contributed by atoms with Gasteiger partial charge in [0.25, 0.3) is 5.56 Å². The molecule has 2 heterocycles. The second-order valence-electron chi connectivity index (χ2n) is 4.97. The van der Waals surface area contributed by atoms with Crippen molar-refractivity contribution in [3.8, 4) is 0 Å². The molecule has 4 unspecified atom stereocenters. The summed E-state index contributed by atoms with van der Waals surface area (Å²) in [4.78, 5) is 24.8. The second-order valence-corrected chi connectivity index (χ2v) is 4.97. The number of alkyl halides is 3. The van der Waals surface area contributed by atoms with E-state index in [0.29, 0.717) is 4.57 Å². The van der Waals surface area contributed by atoms with Crippen LogP contribution in [0.2, 0.25) is 0 Å². The van der Waals surface area contributed by atoms with E-state index in [2.05, 4.69) is 4.74 Å². The molecule has 0 aliphatic carbocycles. The number of rotatable bonds is 2. The van der Waals surface area contributed by atoms with Crippen molar-refractivity contribution in [1.29, 1.82) is 0 Å². The van der Waals surface area contributed by atoms with Gasteiger partial charge >= 0.3 is 11.9 Å². The maximum Gasteiger partial charge on any atom is 0.422 e. The lowest BCUT2D eigenvalue weighted by atomic mass is 9.95. The lowest BCUT2D eigenvalue weighted by molar-refractivity contribution is -0.306. The van der Waals surface area contributed by atoms with Gasteiger partial charge in [-0.1, -0.05) is 0 Å². The molecule has 22 heavy (non-hydrogen) atoms. The Morgan fingerprint density at radius 1 is 1.41 bits per heavy atom. The van der Waals surface area contributed by atoms with Crippen LogP contribution < -0.4 is 11.2 Å². The van der Waals surface area contributed by atoms with Gasteiger partial charge in [0.2, 0.25) is 5.60 Å². The molecule has 0 bridgehead atoms. The summed E-state index contributed by atoms with van der Waals surface area (Å²) in [7, 11) is 0. The van der Waals surface area contributed by atoms with Crippen LogP contribution in [0.25, 0.3) is 0 Å². The number of hydrogen-bond donors (Lipinski definition) is 4. The molecule has 0 radical (unpaired) electrons. The predicted octanol–water partition coefficient (Wildman–Crippen LogP) is -1.61. The highest BCUT2D eigenvalue weighted by molar-refractivity contribution is 5.08. The van der Waals surface area contributed by atoms with E-state index in [0.717, 1.165) is 6.20 Å². The molecule has 0 aromatic carbocycles. The fraction of sp³-hybridized carbons (Fsp3) is 0.636. The topological polar surface area (TPSA) is 125 Å². The standard InChI is InChI=1S/C11H13F3N2O6/c1-4-2-16(9(21)15-7(4)20)8-5(18)6(19)10(3-17,22-8)11(12,13)14/h2,5-6,8,17-19H,3H2,1H3,(H,15,20,21). The minimum atomic E-state index is -5.20. The van der Waals surface area contributed by atoms with Gasteiger partial charge in [-0.15, -0.1) is 0 Å². The number of aryl methyl sites for hydroxylation is 1. The number of ether oxygens (including phenoxy) is 1. The van der Waals surface area contributed by atoms with Crippen molar-refractivity contribution in [2.24, 2.45) is 0 Å². The Bertz CT molecular complexity index is 684. The van der Waals surface area contributed by atoms with Gasteiger partial charge in [-0.2, -0.15) is 13.2 Å². The van der Waals surface area contributed by atoms with E-state index in [9.17, 15) is 33.0 Å². The zero-order chi connectivity index (χ0) is 16.9. The molecule has 1 aromatic rings. The Hall–Kier alpha value is -1.69. The summed E-state index contributed by atoms with van der Waals surface area (Å²) >= 11 is 0. The molecule has 1 saturated heterocycles. The van der Waals surface area contributed by atoms with Crippen molar-refractivity contribution in [2.75, 3.05) is 6.61 Å². The lowest BCUT2D eigenvalue weighted by Gasteiger charge is -2.31. The molecular formula is C11H13F3N2O6. The molecule has 124 valence electrons. The van der Waals surface area contributed by atoms with Crippen molar-refractivity contribution >= 4 is 0 Å². The number of aromatic amines is 1. The number of nitrogens with zero attached hydrogens (tertiary/aromatic N) is 1. The molecule has 1 aliphatic heterocycles. The third-order valence-corrected chi connectivity index (χ3v) is 3.56. The average Bonchev–Trinajstić information content (AvgIpc) is 2.67. The summed E-state index contributed by atoms with van der Waals surface area (Å²) < 4.78 is 44.4. The summed E-state index contributed by atoms with van der Waals surface area (Å²) in [6.45, 7) is -0.363. The van der Waals surface area contributed by atoms with Crippen LogP contribution in [-0.4, -0.2) is 55.5 Å². The maximum atomic E-state index is 13.1. The molecule has 1 aliphatic rings. The van der Waals surface area contributed by atoms with Crippen molar-refractivity contribution in [3.05, 3.63) is 32.6 Å². The Labute approximate surface area is 120 Å². The SMILES string of the molecule is Cc1cn(C2OC(CO)(C(F)(F)F)C(O)C2O)c(=O)[nH]c1=O. The highest BCUT2D eigenvalue weighted by atomic mass is 19.4. The molecule has 0 amide bonds. The van der Waals surface area contributed by atoms with Gasteiger partial charge in [0.1, 0.15) is 12.2 Å². The molecule has 4 N–H and O–H groups in total. The van der Waals surface area contributed by atoms with Crippen LogP contribution in [0, 0.1) is 6.92 Å². The Morgan fingerprint density at radius 2 is 2.00 bits per heavy atom. The summed E-state index contributed by atoms with van der Waals surface area (Å²) in [5.74, 6) is 0. The van der Waals surface area contributed by atoms with Gasteiger partial charge in [0, 0.05) is 11.8 Å². The Morgan fingerprint density at radius 3 is 2.45 bits per heavy atom. The zero-order valence-corrected chi connectivity index (χ0v) is 11.2. The smallest absolute Gasteiger partial charge is 0.393 e. The van der Waals surface area contributed by atoms with E-state index >= 15 is 0 Å². The first-order valence-corrected chi connectivity index (χ1v) is 6.09. The number of aliphatic hydroxyl groups is 3. The maximum absolute atomic E-state index is 13.1. The van der Waals surface area contributed by atoms with Crippen molar-refractivity contribution in [3.63, 3.8) is 0 Å². The first kappa shape index (κ1) is 16.7. The fourth-order valence-electron chi connectivity index (χ4n) is 2.24. The average molecular weight is 326 g/mol. The molecule has 8 nitrogen and oxygen atoms in total. The molecule has 11 heteroatoms. The van der Waals surface area contributed by atoms with Crippen molar-refractivity contribution in [1.82, 2.24) is 9.55 Å². The van der Waals surface area contributed by atoms with E-state index in [1.54, 1.807) is 0 Å². The highest BCUT2D eigenvalue weighted by Gasteiger charge is 2.69. The molecule has 1 fully saturated rings. The summed E-state index contributed by atoms with van der Waals surface area (Å²) in [5.41, 5.74) is -5.32. The molecule has 1 aromatic heterocycles. The number of halogens is 3. The molecule has 0 spiro atoms. The summed E-state index contributed by atoms with van der Waals surface area (Å²) in [5, 5.41) is 28.4. The van der Waals surface area contributed by atoms with Crippen LogP contribution in [0.3, 0.4) is 0 Å². The van der Waals surface area contributed by atoms with E-state index < -0.39 is 48.1 Å². The van der Waals surface area contributed by atoms with Crippen molar-refractivity contribution in [2.45, 2.75) is 37.1 Å². The van der Waals surface area contributed by atoms with E-state index in [-0.39, 0.29) is 5.56 Å². The van der Waals surface area contributed by atoms with Gasteiger partial charge in [-0.05, 0) is 6.92 Å². The van der Waals surface area contributed by atoms with Gasteiger partial charge in [-0.25, -0.2) is 4.79 Å². The minimum absolute atomic E-state index is 0.0154. The van der Waals surface area contributed by atoms with Gasteiger partial charge in [0.15, 0.2) is 6.23 Å². The largest absolute Gasteiger partial charge is 0.422 e. The second kappa shape index (κ2) is 5.19. The van der Waals surface area contributed by atoms with Crippen LogP contribution in [0.5, 0.6) is 0 Å². The Kier molecular flexibility index (Phi) is 3.94. The van der Waals surface area contributed by atoms with Crippen molar-refractivity contribution < 1.29 is 33.2 Å². The van der Waals surface area contributed by atoms with E-state index in [1.165, 1.54) is 6.92 Å². The first-order chi connectivity index (χ1) is 10.0. The predicted molar refractivity (Wildman–Crippen MR) is 64.1 cm³/mol. The monoisotopic (exact) mass is 326 g/mol. The number of aromatic nitrogens is 2.